The van der Waals surface area contributed by atoms with Gasteiger partial charge in [-0.3, -0.25) is 37.3 Å². The third-order valence-electron chi connectivity index (χ3n) is 15.9. The highest BCUT2D eigenvalue weighted by atomic mass is 31.2. The molecular formula is C87H140O17P2. The second-order valence-electron chi connectivity index (χ2n) is 25.9. The van der Waals surface area contributed by atoms with E-state index in [0.29, 0.717) is 32.1 Å². The van der Waals surface area contributed by atoms with Gasteiger partial charge in [-0.1, -0.05) is 287 Å². The topological polar surface area (TPSA) is 237 Å². The van der Waals surface area contributed by atoms with Crippen LogP contribution in [0.1, 0.15) is 285 Å². The SMILES string of the molecule is CC/C=C\C/C=C\C/C=C\C/C=C\C/C=C\C/C=C\CCC(=O)OCC(COP(=O)(O)OCC(O)COP(=O)(O)OCC(COC(=O)CCCCCCCC/C=C\C/C=C\C/C=C\CCCCC)OC(=O)C/C=C\C/C=C\C/C=C\C/C=C\C/C=C\CC)OC(=O)CCCCCCC/C=C\CCCCCC. The van der Waals surface area contributed by atoms with Crippen LogP contribution in [-0.4, -0.2) is 96.7 Å². The molecule has 5 unspecified atom stereocenters. The van der Waals surface area contributed by atoms with Gasteiger partial charge in [0, 0.05) is 19.3 Å². The van der Waals surface area contributed by atoms with E-state index in [-0.39, 0.29) is 25.7 Å². The minimum atomic E-state index is -5.02. The zero-order chi connectivity index (χ0) is 77.4. The second kappa shape index (κ2) is 77.3. The lowest BCUT2D eigenvalue weighted by molar-refractivity contribution is -0.161. The van der Waals surface area contributed by atoms with Crippen LogP contribution in [0.15, 0.2) is 182 Å². The summed E-state index contributed by atoms with van der Waals surface area (Å²) in [4.78, 5) is 72.9. The third kappa shape index (κ3) is 76.4. The van der Waals surface area contributed by atoms with Crippen molar-refractivity contribution in [1.29, 1.82) is 0 Å². The van der Waals surface area contributed by atoms with Gasteiger partial charge in [0.05, 0.1) is 32.8 Å². The van der Waals surface area contributed by atoms with E-state index < -0.39 is 97.5 Å². The average Bonchev–Trinajstić information content (AvgIpc) is 0.901. The normalized spacial score (nSPS) is 14.8. The first kappa shape index (κ1) is 100. The Kier molecular flexibility index (Phi) is 73.1. The first-order valence-corrected chi connectivity index (χ1v) is 43.0. The molecule has 106 heavy (non-hydrogen) atoms. The summed E-state index contributed by atoms with van der Waals surface area (Å²) in [7, 11) is -10.0. The fourth-order valence-corrected chi connectivity index (χ4v) is 11.4. The molecule has 0 aromatic heterocycles. The molecule has 0 bridgehead atoms. The van der Waals surface area contributed by atoms with Gasteiger partial charge in [-0.05, 0) is 154 Å². The third-order valence-corrected chi connectivity index (χ3v) is 17.8. The smallest absolute Gasteiger partial charge is 0.462 e. The second-order valence-corrected chi connectivity index (χ2v) is 28.8. The number of hydrogen-bond donors (Lipinski definition) is 3. The van der Waals surface area contributed by atoms with E-state index in [1.54, 1.807) is 12.2 Å². The monoisotopic (exact) mass is 1520 g/mol. The lowest BCUT2D eigenvalue weighted by atomic mass is 10.1. The number of carbonyl (C=O) groups excluding carboxylic acids is 4. The summed E-state index contributed by atoms with van der Waals surface area (Å²) in [5, 5.41) is 10.6. The Morgan fingerprint density at radius 2 is 0.547 bits per heavy atom. The molecule has 0 heterocycles. The molecule has 0 aliphatic heterocycles. The standard InChI is InChI=1S/C87H140O17P2/c1-5-9-13-17-21-25-29-33-36-38-40-42-45-48-51-55-59-63-67-71-84(89)97-77-82(103-86(91)73-69-65-61-57-53-47-32-28-24-20-16-12-8-4)79-101-105(93,94)99-75-81(88)76-100-106(95,96)102-80-83(104-87(92)74-70-66-62-58-54-50-44-35-31-27-23-19-15-11-7-3)78-98-85(90)72-68-64-60-56-52-49-46-43-41-39-37-34-30-26-22-18-14-10-6-2/h9,11,13,15,21-23,25-28,32-37,40-44,48,51,54,58-59,63,66,70,81-83,88H,5-8,10,12,14,16-20,24,29-31,38-39,45-47,49-50,52-53,55-57,60-62,64-65,67-69,71-80H2,1-4H3,(H,93,94)(H,95,96)/b13-9-,15-11-,25-21-,26-22-,27-23-,32-28-,36-33-,37-34-,42-40-,43-41-,44-35-,51-48-,58-54-,63-59-,70-66-. The minimum absolute atomic E-state index is 0.0263. The van der Waals surface area contributed by atoms with Crippen LogP contribution in [0.25, 0.3) is 0 Å². The minimum Gasteiger partial charge on any atom is -0.462 e. The zero-order valence-electron chi connectivity index (χ0n) is 65.5. The predicted molar refractivity (Wildman–Crippen MR) is 436 cm³/mol. The fraction of sp³-hybridized carbons (Fsp3) is 0.609. The molecule has 0 aliphatic carbocycles. The number of phosphoric ester groups is 2. The summed E-state index contributed by atoms with van der Waals surface area (Å²) in [5.74, 6) is -2.46. The van der Waals surface area contributed by atoms with Crippen molar-refractivity contribution in [3.8, 4) is 0 Å². The van der Waals surface area contributed by atoms with E-state index in [2.05, 4.69) is 167 Å². The van der Waals surface area contributed by atoms with Crippen LogP contribution in [0.5, 0.6) is 0 Å². The highest BCUT2D eigenvalue weighted by Crippen LogP contribution is 2.45. The van der Waals surface area contributed by atoms with Crippen molar-refractivity contribution < 1.29 is 80.2 Å². The molecule has 0 aliphatic rings. The van der Waals surface area contributed by atoms with Gasteiger partial charge in [-0.15, -0.1) is 0 Å². The van der Waals surface area contributed by atoms with Crippen molar-refractivity contribution in [2.45, 2.75) is 303 Å². The van der Waals surface area contributed by atoms with Crippen molar-refractivity contribution in [2.24, 2.45) is 0 Å². The maximum atomic E-state index is 13.1. The van der Waals surface area contributed by atoms with Crippen LogP contribution < -0.4 is 0 Å². The van der Waals surface area contributed by atoms with Crippen molar-refractivity contribution >= 4 is 39.5 Å². The van der Waals surface area contributed by atoms with Gasteiger partial charge >= 0.3 is 39.5 Å². The summed E-state index contributed by atoms with van der Waals surface area (Å²) in [6, 6.07) is 0. The maximum absolute atomic E-state index is 13.1. The average molecular weight is 1520 g/mol. The number of allylic oxidation sites excluding steroid dienone is 29. The Labute approximate surface area is 641 Å². The van der Waals surface area contributed by atoms with Gasteiger partial charge in [0.1, 0.15) is 19.3 Å². The summed E-state index contributed by atoms with van der Waals surface area (Å²) in [6.45, 7) is 4.36. The van der Waals surface area contributed by atoms with E-state index >= 15 is 0 Å². The van der Waals surface area contributed by atoms with E-state index in [1.807, 2.05) is 30.4 Å². The lowest BCUT2D eigenvalue weighted by Gasteiger charge is -2.21. The number of rotatable bonds is 73. The van der Waals surface area contributed by atoms with Gasteiger partial charge < -0.3 is 33.8 Å². The first-order valence-electron chi connectivity index (χ1n) is 40.0. The molecule has 5 atom stereocenters. The van der Waals surface area contributed by atoms with Crippen LogP contribution in [0.4, 0.5) is 0 Å². The zero-order valence-corrected chi connectivity index (χ0v) is 67.3. The Morgan fingerprint density at radius 3 is 0.925 bits per heavy atom. The van der Waals surface area contributed by atoms with Gasteiger partial charge in [0.15, 0.2) is 12.2 Å². The molecular weight excluding hydrogens is 1380 g/mol. The van der Waals surface area contributed by atoms with Crippen molar-refractivity contribution in [3.05, 3.63) is 182 Å². The molecule has 0 aromatic carbocycles. The molecule has 0 saturated carbocycles. The number of esters is 4. The molecule has 19 heteroatoms. The highest BCUT2D eigenvalue weighted by molar-refractivity contribution is 7.47. The molecule has 0 radical (unpaired) electrons. The Bertz CT molecular complexity index is 2730. The molecule has 600 valence electrons. The Morgan fingerprint density at radius 1 is 0.283 bits per heavy atom. The van der Waals surface area contributed by atoms with E-state index in [1.165, 1.54) is 44.9 Å². The van der Waals surface area contributed by atoms with Crippen LogP contribution in [0, 0.1) is 0 Å². The van der Waals surface area contributed by atoms with Crippen molar-refractivity contribution in [2.75, 3.05) is 39.6 Å². The van der Waals surface area contributed by atoms with Gasteiger partial charge in [-0.2, -0.15) is 0 Å². The molecule has 0 aromatic rings. The molecule has 0 saturated heterocycles. The largest absolute Gasteiger partial charge is 0.472 e. The summed E-state index contributed by atoms with van der Waals surface area (Å²) < 4.78 is 68.4. The maximum Gasteiger partial charge on any atom is 0.472 e. The molecule has 0 rings (SSSR count). The molecule has 17 nitrogen and oxygen atoms in total. The Hall–Kier alpha value is -5.84. The number of phosphoric acid groups is 2. The number of ether oxygens (including phenoxy) is 4. The molecule has 0 spiro atoms. The van der Waals surface area contributed by atoms with Gasteiger partial charge in [-0.25, -0.2) is 9.13 Å². The number of hydrogen-bond acceptors (Lipinski definition) is 15. The van der Waals surface area contributed by atoms with Crippen LogP contribution in [-0.2, 0) is 65.4 Å². The molecule has 3 N–H and O–H groups in total. The Balaban J connectivity index is 5.50. The molecule has 0 amide bonds. The molecule has 0 fully saturated rings. The predicted octanol–water partition coefficient (Wildman–Crippen LogP) is 23.6. The number of unbranched alkanes of at least 4 members (excludes halogenated alkanes) is 18. The van der Waals surface area contributed by atoms with Crippen LogP contribution >= 0.6 is 15.6 Å². The first-order chi connectivity index (χ1) is 51.7. The number of aliphatic hydroxyl groups is 1. The van der Waals surface area contributed by atoms with Crippen molar-refractivity contribution in [1.82, 2.24) is 0 Å². The number of aliphatic hydroxyl groups excluding tert-OH is 1. The van der Waals surface area contributed by atoms with Gasteiger partial charge in [0.2, 0.25) is 0 Å². The van der Waals surface area contributed by atoms with E-state index in [0.717, 1.165) is 154 Å². The van der Waals surface area contributed by atoms with Crippen LogP contribution in [0.3, 0.4) is 0 Å². The highest BCUT2D eigenvalue weighted by Gasteiger charge is 2.30. The van der Waals surface area contributed by atoms with E-state index in [4.69, 9.17) is 37.0 Å². The van der Waals surface area contributed by atoms with Crippen molar-refractivity contribution in [3.63, 3.8) is 0 Å². The van der Waals surface area contributed by atoms with Gasteiger partial charge in [0.25, 0.3) is 0 Å². The quantitative estimate of drug-likeness (QED) is 0.0169. The fourth-order valence-electron chi connectivity index (χ4n) is 9.85. The summed E-state index contributed by atoms with van der Waals surface area (Å²) in [6.07, 6.45) is 93.5. The number of carbonyl (C=O) groups is 4. The summed E-state index contributed by atoms with van der Waals surface area (Å²) >= 11 is 0. The lowest BCUT2D eigenvalue weighted by Crippen LogP contribution is -2.30. The van der Waals surface area contributed by atoms with E-state index in [9.17, 15) is 43.2 Å². The van der Waals surface area contributed by atoms with Crippen LogP contribution in [0.2, 0.25) is 0 Å². The summed E-state index contributed by atoms with van der Waals surface area (Å²) in [5.41, 5.74) is 0.